The SMILES string of the molecule is CC(C)N(C)C(=S)N(C)C(=O)O. The standard InChI is InChI=1S/C7H14N2O2S/c1-5(2)8(3)6(12)9(4)7(10)11/h5H,1-4H3,(H,10,11). The van der Waals surface area contributed by atoms with Crippen LogP contribution in [0.25, 0.3) is 0 Å². The maximum Gasteiger partial charge on any atom is 0.413 e. The van der Waals surface area contributed by atoms with Crippen LogP contribution in [0.3, 0.4) is 0 Å². The van der Waals surface area contributed by atoms with Crippen LogP contribution in [-0.4, -0.2) is 46.2 Å². The van der Waals surface area contributed by atoms with Gasteiger partial charge in [-0.25, -0.2) is 4.79 Å². The third kappa shape index (κ3) is 2.65. The summed E-state index contributed by atoms with van der Waals surface area (Å²) in [6.07, 6.45) is -1.03. The predicted octanol–water partition coefficient (Wildman–Crippen LogP) is 1.22. The van der Waals surface area contributed by atoms with Crippen LogP contribution >= 0.6 is 12.2 Å². The maximum absolute atomic E-state index is 10.5. The minimum Gasteiger partial charge on any atom is -0.465 e. The minimum absolute atomic E-state index is 0.208. The molecule has 0 rings (SSSR count). The van der Waals surface area contributed by atoms with Crippen molar-refractivity contribution < 1.29 is 9.90 Å². The van der Waals surface area contributed by atoms with Crippen LogP contribution < -0.4 is 0 Å². The Kier molecular flexibility index (Phi) is 3.95. The van der Waals surface area contributed by atoms with Crippen LogP contribution in [0.4, 0.5) is 4.79 Å². The first-order valence-corrected chi connectivity index (χ1v) is 4.02. The second-order valence-corrected chi connectivity index (χ2v) is 3.19. The number of carbonyl (C=O) groups is 1. The van der Waals surface area contributed by atoms with Crippen molar-refractivity contribution in [3.8, 4) is 0 Å². The molecule has 5 heteroatoms. The Labute approximate surface area is 77.8 Å². The molecule has 0 radical (unpaired) electrons. The van der Waals surface area contributed by atoms with Gasteiger partial charge >= 0.3 is 6.09 Å². The molecule has 0 aromatic carbocycles. The van der Waals surface area contributed by atoms with Crippen molar-refractivity contribution in [2.75, 3.05) is 14.1 Å². The summed E-state index contributed by atoms with van der Waals surface area (Å²) >= 11 is 4.92. The molecule has 0 bridgehead atoms. The molecular formula is C7H14N2O2S. The van der Waals surface area contributed by atoms with Crippen molar-refractivity contribution in [3.05, 3.63) is 0 Å². The minimum atomic E-state index is -1.03. The smallest absolute Gasteiger partial charge is 0.413 e. The fourth-order valence-corrected chi connectivity index (χ4v) is 0.828. The van der Waals surface area contributed by atoms with Crippen LogP contribution in [0.15, 0.2) is 0 Å². The molecule has 70 valence electrons. The number of rotatable bonds is 1. The molecule has 1 N–H and O–H groups in total. The summed E-state index contributed by atoms with van der Waals surface area (Å²) < 4.78 is 0. The van der Waals surface area contributed by atoms with E-state index in [2.05, 4.69) is 0 Å². The second-order valence-electron chi connectivity index (χ2n) is 2.83. The quantitative estimate of drug-likeness (QED) is 0.631. The molecule has 0 aromatic rings. The molecule has 12 heavy (non-hydrogen) atoms. The Hall–Kier alpha value is -0.840. The molecule has 0 fully saturated rings. The van der Waals surface area contributed by atoms with E-state index in [1.54, 1.807) is 11.9 Å². The normalized spacial score (nSPS) is 9.75. The monoisotopic (exact) mass is 190 g/mol. The van der Waals surface area contributed by atoms with Crippen molar-refractivity contribution in [1.29, 1.82) is 0 Å². The molecule has 0 heterocycles. The summed E-state index contributed by atoms with van der Waals surface area (Å²) in [5.74, 6) is 0. The molecule has 0 aliphatic carbocycles. The van der Waals surface area contributed by atoms with Gasteiger partial charge in [0.25, 0.3) is 0 Å². The number of amides is 1. The van der Waals surface area contributed by atoms with Gasteiger partial charge in [-0.1, -0.05) is 0 Å². The van der Waals surface area contributed by atoms with Crippen molar-refractivity contribution in [1.82, 2.24) is 9.80 Å². The molecule has 0 unspecified atom stereocenters. The molecule has 0 spiro atoms. The fourth-order valence-electron chi connectivity index (χ4n) is 0.539. The van der Waals surface area contributed by atoms with E-state index in [-0.39, 0.29) is 6.04 Å². The fraction of sp³-hybridized carbons (Fsp3) is 0.714. The number of thiocarbonyl (C=S) groups is 1. The Morgan fingerprint density at radius 1 is 1.42 bits per heavy atom. The van der Waals surface area contributed by atoms with E-state index in [0.717, 1.165) is 4.90 Å². The zero-order valence-electron chi connectivity index (χ0n) is 7.74. The van der Waals surface area contributed by atoms with Gasteiger partial charge in [0.1, 0.15) is 0 Å². The summed E-state index contributed by atoms with van der Waals surface area (Å²) in [4.78, 5) is 13.2. The molecular weight excluding hydrogens is 176 g/mol. The topological polar surface area (TPSA) is 43.8 Å². The second kappa shape index (κ2) is 4.25. The lowest BCUT2D eigenvalue weighted by atomic mass is 10.4. The first-order chi connectivity index (χ1) is 5.37. The van der Waals surface area contributed by atoms with E-state index in [0.29, 0.717) is 5.11 Å². The van der Waals surface area contributed by atoms with Crippen molar-refractivity contribution in [2.24, 2.45) is 0 Å². The highest BCUT2D eigenvalue weighted by Crippen LogP contribution is 2.00. The molecule has 0 aromatic heterocycles. The zero-order chi connectivity index (χ0) is 9.89. The van der Waals surface area contributed by atoms with Gasteiger partial charge in [0.2, 0.25) is 0 Å². The van der Waals surface area contributed by atoms with Gasteiger partial charge < -0.3 is 10.0 Å². The summed E-state index contributed by atoms with van der Waals surface area (Å²) in [5.41, 5.74) is 0. The highest BCUT2D eigenvalue weighted by molar-refractivity contribution is 7.80. The van der Waals surface area contributed by atoms with E-state index in [4.69, 9.17) is 17.3 Å². The molecule has 0 aliphatic heterocycles. The van der Waals surface area contributed by atoms with Crippen LogP contribution in [0.2, 0.25) is 0 Å². The largest absolute Gasteiger partial charge is 0.465 e. The third-order valence-corrected chi connectivity index (χ3v) is 2.21. The van der Waals surface area contributed by atoms with Gasteiger partial charge in [-0.15, -0.1) is 0 Å². The van der Waals surface area contributed by atoms with Gasteiger partial charge in [-0.2, -0.15) is 0 Å². The van der Waals surface area contributed by atoms with Gasteiger partial charge in [-0.05, 0) is 26.1 Å². The van der Waals surface area contributed by atoms with Crippen LogP contribution in [-0.2, 0) is 0 Å². The Balaban J connectivity index is 4.29. The highest BCUT2D eigenvalue weighted by atomic mass is 32.1. The summed E-state index contributed by atoms with van der Waals surface area (Å²) in [6.45, 7) is 3.89. The van der Waals surface area contributed by atoms with E-state index in [1.807, 2.05) is 13.8 Å². The van der Waals surface area contributed by atoms with Crippen LogP contribution in [0.1, 0.15) is 13.8 Å². The number of hydrogen-bond acceptors (Lipinski definition) is 2. The number of hydrogen-bond donors (Lipinski definition) is 1. The van der Waals surface area contributed by atoms with E-state index in [9.17, 15) is 4.79 Å². The average Bonchev–Trinajstić information content (AvgIpc) is 2.00. The number of nitrogens with zero attached hydrogens (tertiary/aromatic N) is 2. The van der Waals surface area contributed by atoms with E-state index >= 15 is 0 Å². The number of carboxylic acid groups (broad SMARTS) is 1. The molecule has 0 atom stereocenters. The first-order valence-electron chi connectivity index (χ1n) is 3.61. The predicted molar refractivity (Wildman–Crippen MR) is 51.3 cm³/mol. The lowest BCUT2D eigenvalue weighted by Crippen LogP contribution is -2.44. The Bertz CT molecular complexity index is 194. The molecule has 4 nitrogen and oxygen atoms in total. The molecule has 0 aliphatic rings. The lowest BCUT2D eigenvalue weighted by Gasteiger charge is -2.28. The zero-order valence-corrected chi connectivity index (χ0v) is 8.55. The molecule has 0 saturated heterocycles. The Morgan fingerprint density at radius 2 is 1.83 bits per heavy atom. The highest BCUT2D eigenvalue weighted by Gasteiger charge is 2.16. The van der Waals surface area contributed by atoms with Gasteiger partial charge in [-0.3, -0.25) is 4.90 Å². The summed E-state index contributed by atoms with van der Waals surface area (Å²) in [6, 6.07) is 0.208. The van der Waals surface area contributed by atoms with Crippen molar-refractivity contribution in [3.63, 3.8) is 0 Å². The third-order valence-electron chi connectivity index (χ3n) is 1.65. The van der Waals surface area contributed by atoms with Gasteiger partial charge in [0.05, 0.1) is 0 Å². The lowest BCUT2D eigenvalue weighted by molar-refractivity contribution is 0.171. The van der Waals surface area contributed by atoms with Crippen molar-refractivity contribution in [2.45, 2.75) is 19.9 Å². The maximum atomic E-state index is 10.5. The average molecular weight is 190 g/mol. The van der Waals surface area contributed by atoms with Gasteiger partial charge in [0, 0.05) is 20.1 Å². The molecule has 1 amide bonds. The first kappa shape index (κ1) is 11.2. The van der Waals surface area contributed by atoms with Crippen molar-refractivity contribution >= 4 is 23.4 Å². The van der Waals surface area contributed by atoms with Crippen LogP contribution in [0, 0.1) is 0 Å². The summed E-state index contributed by atoms with van der Waals surface area (Å²) in [7, 11) is 3.20. The summed E-state index contributed by atoms with van der Waals surface area (Å²) in [5, 5.41) is 8.91. The van der Waals surface area contributed by atoms with Gasteiger partial charge in [0.15, 0.2) is 5.11 Å². The Morgan fingerprint density at radius 3 is 2.08 bits per heavy atom. The van der Waals surface area contributed by atoms with Crippen LogP contribution in [0.5, 0.6) is 0 Å². The van der Waals surface area contributed by atoms with E-state index in [1.165, 1.54) is 7.05 Å². The van der Waals surface area contributed by atoms with E-state index < -0.39 is 6.09 Å². The molecule has 0 saturated carbocycles.